The molecule has 3 aromatic rings. The maximum absolute atomic E-state index is 12.4. The summed E-state index contributed by atoms with van der Waals surface area (Å²) in [5.41, 5.74) is 2.88. The first-order chi connectivity index (χ1) is 11.7. The largest absolute Gasteiger partial charge is 0.497 e. The van der Waals surface area contributed by atoms with Crippen molar-refractivity contribution in [1.29, 1.82) is 0 Å². The molecular formula is C19H18N2O2S. The van der Waals surface area contributed by atoms with E-state index in [4.69, 9.17) is 4.74 Å². The second-order valence-electron chi connectivity index (χ2n) is 5.36. The third kappa shape index (κ3) is 3.68. The Morgan fingerprint density at radius 2 is 2.04 bits per heavy atom. The lowest BCUT2D eigenvalue weighted by Crippen LogP contribution is -2.04. The molecule has 0 radical (unpaired) electrons. The molecule has 122 valence electrons. The normalized spacial score (nSPS) is 10.6. The smallest absolute Gasteiger partial charge is 0.173 e. The first-order valence-corrected chi connectivity index (χ1v) is 8.56. The number of benzene rings is 2. The molecule has 0 spiro atoms. The Kier molecular flexibility index (Phi) is 5.01. The second-order valence-corrected chi connectivity index (χ2v) is 6.31. The molecule has 0 aliphatic heterocycles. The van der Waals surface area contributed by atoms with Crippen LogP contribution >= 0.6 is 11.8 Å². The van der Waals surface area contributed by atoms with Crippen LogP contribution < -0.4 is 4.74 Å². The van der Waals surface area contributed by atoms with E-state index in [0.29, 0.717) is 17.1 Å². The third-order valence-corrected chi connectivity index (χ3v) is 4.58. The molecule has 1 heterocycles. The van der Waals surface area contributed by atoms with Crippen LogP contribution in [0.2, 0.25) is 0 Å². The fraction of sp³-hybridized carbons (Fsp3) is 0.158. The average Bonchev–Trinajstić information content (AvgIpc) is 3.08. The lowest BCUT2D eigenvalue weighted by Gasteiger charge is -2.08. The number of aromatic nitrogens is 2. The Hall–Kier alpha value is -2.53. The van der Waals surface area contributed by atoms with E-state index in [0.717, 1.165) is 10.8 Å². The van der Waals surface area contributed by atoms with Crippen LogP contribution in [0.3, 0.4) is 0 Å². The molecule has 0 saturated heterocycles. The molecule has 0 amide bonds. The lowest BCUT2D eigenvalue weighted by atomic mass is 10.1. The van der Waals surface area contributed by atoms with Gasteiger partial charge in [-0.05, 0) is 36.8 Å². The summed E-state index contributed by atoms with van der Waals surface area (Å²) in [6, 6.07) is 15.4. The van der Waals surface area contributed by atoms with Gasteiger partial charge in [0.15, 0.2) is 10.9 Å². The van der Waals surface area contributed by atoms with Gasteiger partial charge in [0.2, 0.25) is 0 Å². The van der Waals surface area contributed by atoms with E-state index in [9.17, 15) is 4.79 Å². The first-order valence-electron chi connectivity index (χ1n) is 7.58. The van der Waals surface area contributed by atoms with Gasteiger partial charge < -0.3 is 4.74 Å². The molecule has 0 atom stereocenters. The minimum absolute atomic E-state index is 0.0534. The minimum atomic E-state index is 0.0534. The van der Waals surface area contributed by atoms with Crippen LogP contribution in [0.5, 0.6) is 5.75 Å². The number of carbonyl (C=O) groups excluding carboxylic acids is 1. The van der Waals surface area contributed by atoms with Gasteiger partial charge in [-0.1, -0.05) is 36.0 Å². The minimum Gasteiger partial charge on any atom is -0.497 e. The van der Waals surface area contributed by atoms with E-state index in [1.54, 1.807) is 25.4 Å². The number of rotatable bonds is 6. The fourth-order valence-corrected chi connectivity index (χ4v) is 3.25. The maximum atomic E-state index is 12.4. The predicted molar refractivity (Wildman–Crippen MR) is 96.3 cm³/mol. The number of aryl methyl sites for hydroxylation is 1. The average molecular weight is 338 g/mol. The Bertz CT molecular complexity index is 858. The summed E-state index contributed by atoms with van der Waals surface area (Å²) in [4.78, 5) is 16.8. The van der Waals surface area contributed by atoms with Crippen LogP contribution in [0.25, 0.3) is 5.69 Å². The highest BCUT2D eigenvalue weighted by Crippen LogP contribution is 2.23. The molecule has 0 aliphatic rings. The van der Waals surface area contributed by atoms with Gasteiger partial charge in [-0.3, -0.25) is 9.36 Å². The van der Waals surface area contributed by atoms with Crippen LogP contribution in [0.15, 0.2) is 66.1 Å². The standard InChI is InChI=1S/C19H18N2O2S/c1-14-5-3-7-16(11-14)21-10-9-20-19(21)24-13-18(22)15-6-4-8-17(12-15)23-2/h3-12H,13H2,1-2H3. The zero-order valence-electron chi connectivity index (χ0n) is 13.6. The van der Waals surface area contributed by atoms with Gasteiger partial charge in [0.05, 0.1) is 12.9 Å². The van der Waals surface area contributed by atoms with Crippen LogP contribution in [0.4, 0.5) is 0 Å². The molecule has 5 heteroatoms. The molecule has 3 rings (SSSR count). The molecule has 0 aliphatic carbocycles. The molecule has 0 unspecified atom stereocenters. The van der Waals surface area contributed by atoms with Gasteiger partial charge in [0, 0.05) is 23.6 Å². The molecule has 0 fully saturated rings. The van der Waals surface area contributed by atoms with Crippen molar-refractivity contribution in [1.82, 2.24) is 9.55 Å². The monoisotopic (exact) mass is 338 g/mol. The highest BCUT2D eigenvalue weighted by molar-refractivity contribution is 7.99. The Morgan fingerprint density at radius 3 is 2.83 bits per heavy atom. The van der Waals surface area contributed by atoms with Crippen molar-refractivity contribution in [2.75, 3.05) is 12.9 Å². The molecule has 0 saturated carbocycles. The Morgan fingerprint density at radius 1 is 1.21 bits per heavy atom. The molecular weight excluding hydrogens is 320 g/mol. The number of hydrogen-bond donors (Lipinski definition) is 0. The summed E-state index contributed by atoms with van der Waals surface area (Å²) in [5, 5.41) is 0.803. The Labute approximate surface area is 145 Å². The molecule has 24 heavy (non-hydrogen) atoms. The van der Waals surface area contributed by atoms with Gasteiger partial charge in [0.25, 0.3) is 0 Å². The van der Waals surface area contributed by atoms with Gasteiger partial charge in [-0.2, -0.15) is 0 Å². The number of thioether (sulfide) groups is 1. The van der Waals surface area contributed by atoms with Gasteiger partial charge in [-0.15, -0.1) is 0 Å². The van der Waals surface area contributed by atoms with E-state index in [1.807, 2.05) is 35.0 Å². The second kappa shape index (κ2) is 7.36. The highest BCUT2D eigenvalue weighted by Gasteiger charge is 2.11. The lowest BCUT2D eigenvalue weighted by molar-refractivity contribution is 0.102. The summed E-state index contributed by atoms with van der Waals surface area (Å²) in [7, 11) is 1.59. The SMILES string of the molecule is COc1cccc(C(=O)CSc2nccn2-c2cccc(C)c2)c1. The van der Waals surface area contributed by atoms with Crippen LogP contribution in [-0.4, -0.2) is 28.2 Å². The zero-order valence-corrected chi connectivity index (χ0v) is 14.4. The van der Waals surface area contributed by atoms with E-state index in [2.05, 4.69) is 24.0 Å². The number of hydrogen-bond acceptors (Lipinski definition) is 4. The molecule has 1 aromatic heterocycles. The molecule has 0 N–H and O–H groups in total. The number of nitrogens with zero attached hydrogens (tertiary/aromatic N) is 2. The zero-order chi connectivity index (χ0) is 16.9. The van der Waals surface area contributed by atoms with Crippen molar-refractivity contribution < 1.29 is 9.53 Å². The molecule has 4 nitrogen and oxygen atoms in total. The number of ether oxygens (including phenoxy) is 1. The van der Waals surface area contributed by atoms with Crippen LogP contribution in [0, 0.1) is 6.92 Å². The highest BCUT2D eigenvalue weighted by atomic mass is 32.2. The fourth-order valence-electron chi connectivity index (χ4n) is 2.38. The Balaban J connectivity index is 1.73. The number of carbonyl (C=O) groups is 1. The van der Waals surface area contributed by atoms with Crippen molar-refractivity contribution in [3.05, 3.63) is 72.1 Å². The van der Waals surface area contributed by atoms with Crippen molar-refractivity contribution in [3.63, 3.8) is 0 Å². The summed E-state index contributed by atoms with van der Waals surface area (Å²) in [5.74, 6) is 1.07. The van der Waals surface area contributed by atoms with Crippen LogP contribution in [0.1, 0.15) is 15.9 Å². The number of Topliss-reactive ketones (excluding diaryl/α,β-unsaturated/α-hetero) is 1. The van der Waals surface area contributed by atoms with Gasteiger partial charge >= 0.3 is 0 Å². The van der Waals surface area contributed by atoms with E-state index in [1.165, 1.54) is 17.3 Å². The maximum Gasteiger partial charge on any atom is 0.173 e. The van der Waals surface area contributed by atoms with Crippen molar-refractivity contribution >= 4 is 17.5 Å². The van der Waals surface area contributed by atoms with E-state index in [-0.39, 0.29) is 5.78 Å². The van der Waals surface area contributed by atoms with Crippen molar-refractivity contribution in [3.8, 4) is 11.4 Å². The summed E-state index contributed by atoms with van der Waals surface area (Å²) < 4.78 is 7.16. The number of imidazole rings is 1. The summed E-state index contributed by atoms with van der Waals surface area (Å²) in [6.07, 6.45) is 3.66. The van der Waals surface area contributed by atoms with Crippen molar-refractivity contribution in [2.45, 2.75) is 12.1 Å². The quantitative estimate of drug-likeness (QED) is 0.500. The predicted octanol–water partition coefficient (Wildman–Crippen LogP) is 4.16. The van der Waals surface area contributed by atoms with Crippen molar-refractivity contribution in [2.24, 2.45) is 0 Å². The third-order valence-electron chi connectivity index (χ3n) is 3.61. The van der Waals surface area contributed by atoms with Gasteiger partial charge in [0.1, 0.15) is 5.75 Å². The molecule has 0 bridgehead atoms. The van der Waals surface area contributed by atoms with Crippen LogP contribution in [-0.2, 0) is 0 Å². The summed E-state index contributed by atoms with van der Waals surface area (Å²) in [6.45, 7) is 2.06. The van der Waals surface area contributed by atoms with Gasteiger partial charge in [-0.25, -0.2) is 4.98 Å². The molecule has 2 aromatic carbocycles. The number of methoxy groups -OCH3 is 1. The first kappa shape index (κ1) is 16.3. The van der Waals surface area contributed by atoms with E-state index >= 15 is 0 Å². The topological polar surface area (TPSA) is 44.1 Å². The number of ketones is 1. The van der Waals surface area contributed by atoms with E-state index < -0.39 is 0 Å². The summed E-state index contributed by atoms with van der Waals surface area (Å²) >= 11 is 1.43.